The number of hydrogen-bond donors (Lipinski definition) is 2. The molecule has 4 heteroatoms. The monoisotopic (exact) mass is 243 g/mol. The molecule has 1 aromatic heterocycles. The average molecular weight is 243 g/mol. The zero-order valence-corrected chi connectivity index (χ0v) is 10.4. The Balaban J connectivity index is 2.41. The Labute approximate surface area is 106 Å². The fraction of sp³-hybridized carbons (Fsp3) is 0.214. The van der Waals surface area contributed by atoms with E-state index in [9.17, 15) is 4.79 Å². The Morgan fingerprint density at radius 1 is 1.33 bits per heavy atom. The van der Waals surface area contributed by atoms with Gasteiger partial charge in [0.2, 0.25) is 0 Å². The molecule has 0 aliphatic rings. The number of para-hydroxylation sites is 1. The van der Waals surface area contributed by atoms with Crippen LogP contribution < -0.4 is 16.6 Å². The summed E-state index contributed by atoms with van der Waals surface area (Å²) in [6, 6.07) is 9.47. The lowest BCUT2D eigenvalue weighted by molar-refractivity contribution is 0.906. The number of aromatic nitrogens is 1. The van der Waals surface area contributed by atoms with Crippen molar-refractivity contribution in [2.45, 2.75) is 0 Å². The van der Waals surface area contributed by atoms with Crippen LogP contribution in [0.5, 0.6) is 0 Å². The van der Waals surface area contributed by atoms with E-state index in [-0.39, 0.29) is 5.56 Å². The Bertz CT molecular complexity index is 628. The minimum absolute atomic E-state index is 0.0148. The van der Waals surface area contributed by atoms with E-state index in [2.05, 4.69) is 5.32 Å². The van der Waals surface area contributed by atoms with Gasteiger partial charge in [0.1, 0.15) is 0 Å². The van der Waals surface area contributed by atoms with E-state index in [4.69, 9.17) is 5.73 Å². The minimum atomic E-state index is -0.0148. The molecule has 18 heavy (non-hydrogen) atoms. The largest absolute Gasteiger partial charge is 0.381 e. The first-order chi connectivity index (χ1) is 8.74. The lowest BCUT2D eigenvalue weighted by Gasteiger charge is -2.10. The molecule has 4 nitrogen and oxygen atoms in total. The maximum atomic E-state index is 11.8. The first kappa shape index (κ1) is 12.4. The molecule has 0 bridgehead atoms. The summed E-state index contributed by atoms with van der Waals surface area (Å²) in [6.45, 7) is 1.19. The highest BCUT2D eigenvalue weighted by molar-refractivity contribution is 5.91. The molecule has 2 rings (SSSR count). The van der Waals surface area contributed by atoms with Crippen molar-refractivity contribution in [1.29, 1.82) is 0 Å². The number of benzene rings is 1. The van der Waals surface area contributed by atoms with Crippen molar-refractivity contribution in [2.24, 2.45) is 12.8 Å². The van der Waals surface area contributed by atoms with E-state index >= 15 is 0 Å². The Kier molecular flexibility index (Phi) is 3.79. The third-order valence-electron chi connectivity index (χ3n) is 2.87. The standard InChI is InChI=1S/C14H17N3O/c1-17-13-7-3-2-6-11(13)12(10-14(17)18)16-9-5-4-8-15/h2-7,10,16H,8-9,15H2,1H3/b5-4+. The van der Waals surface area contributed by atoms with Crippen molar-refractivity contribution in [2.75, 3.05) is 18.4 Å². The van der Waals surface area contributed by atoms with E-state index < -0.39 is 0 Å². The predicted molar refractivity (Wildman–Crippen MR) is 75.9 cm³/mol. The van der Waals surface area contributed by atoms with Gasteiger partial charge in [0, 0.05) is 37.3 Å². The van der Waals surface area contributed by atoms with Gasteiger partial charge < -0.3 is 15.6 Å². The van der Waals surface area contributed by atoms with Crippen LogP contribution in [0.4, 0.5) is 5.69 Å². The second-order valence-electron chi connectivity index (χ2n) is 4.06. The van der Waals surface area contributed by atoms with Gasteiger partial charge in [-0.2, -0.15) is 0 Å². The highest BCUT2D eigenvalue weighted by Gasteiger charge is 2.04. The maximum absolute atomic E-state index is 11.8. The van der Waals surface area contributed by atoms with Crippen molar-refractivity contribution < 1.29 is 0 Å². The van der Waals surface area contributed by atoms with Gasteiger partial charge in [-0.25, -0.2) is 0 Å². The number of pyridine rings is 1. The highest BCUT2D eigenvalue weighted by Crippen LogP contribution is 2.20. The van der Waals surface area contributed by atoms with Crippen LogP contribution >= 0.6 is 0 Å². The van der Waals surface area contributed by atoms with E-state index in [0.717, 1.165) is 16.6 Å². The number of nitrogens with zero attached hydrogens (tertiary/aromatic N) is 1. The SMILES string of the molecule is Cn1c(=O)cc(NC/C=C/CN)c2ccccc21. The predicted octanol–water partition coefficient (Wildman–Crippen LogP) is 1.47. The lowest BCUT2D eigenvalue weighted by atomic mass is 10.2. The van der Waals surface area contributed by atoms with Crippen LogP contribution in [-0.4, -0.2) is 17.7 Å². The van der Waals surface area contributed by atoms with Gasteiger partial charge in [-0.3, -0.25) is 4.79 Å². The fourth-order valence-electron chi connectivity index (χ4n) is 1.91. The fourth-order valence-corrected chi connectivity index (χ4v) is 1.91. The highest BCUT2D eigenvalue weighted by atomic mass is 16.1. The summed E-state index contributed by atoms with van der Waals surface area (Å²) in [4.78, 5) is 11.8. The topological polar surface area (TPSA) is 60.0 Å². The third-order valence-corrected chi connectivity index (χ3v) is 2.87. The van der Waals surface area contributed by atoms with E-state index in [1.165, 1.54) is 0 Å². The smallest absolute Gasteiger partial charge is 0.252 e. The van der Waals surface area contributed by atoms with Crippen LogP contribution in [0.1, 0.15) is 0 Å². The van der Waals surface area contributed by atoms with Crippen molar-refractivity contribution in [1.82, 2.24) is 4.57 Å². The summed E-state index contributed by atoms with van der Waals surface area (Å²) < 4.78 is 1.65. The lowest BCUT2D eigenvalue weighted by Crippen LogP contribution is -2.17. The number of nitrogens with one attached hydrogen (secondary N) is 1. The van der Waals surface area contributed by atoms with Gasteiger partial charge in [0.25, 0.3) is 5.56 Å². The molecular formula is C14H17N3O. The summed E-state index contributed by atoms with van der Waals surface area (Å²) in [5.41, 5.74) is 7.14. The second kappa shape index (κ2) is 5.51. The number of rotatable bonds is 4. The molecule has 0 aliphatic carbocycles. The van der Waals surface area contributed by atoms with Gasteiger partial charge in [0.05, 0.1) is 5.52 Å². The summed E-state index contributed by atoms with van der Waals surface area (Å²) in [5, 5.41) is 4.28. The number of fused-ring (bicyclic) bond motifs is 1. The van der Waals surface area contributed by atoms with E-state index in [0.29, 0.717) is 13.1 Å². The molecule has 0 saturated carbocycles. The van der Waals surface area contributed by atoms with Gasteiger partial charge >= 0.3 is 0 Å². The molecule has 0 atom stereocenters. The van der Waals surface area contributed by atoms with Gasteiger partial charge in [0.15, 0.2) is 0 Å². The molecule has 0 saturated heterocycles. The molecule has 0 amide bonds. The molecule has 2 aromatic rings. The zero-order valence-electron chi connectivity index (χ0n) is 10.4. The molecular weight excluding hydrogens is 226 g/mol. The summed E-state index contributed by atoms with van der Waals surface area (Å²) >= 11 is 0. The zero-order chi connectivity index (χ0) is 13.0. The van der Waals surface area contributed by atoms with Gasteiger partial charge in [-0.05, 0) is 6.07 Å². The average Bonchev–Trinajstić information content (AvgIpc) is 2.40. The first-order valence-electron chi connectivity index (χ1n) is 5.91. The van der Waals surface area contributed by atoms with Crippen LogP contribution in [0, 0.1) is 0 Å². The normalized spacial score (nSPS) is 11.2. The molecule has 0 spiro atoms. The van der Waals surface area contributed by atoms with Crippen LogP contribution in [0.2, 0.25) is 0 Å². The molecule has 1 aromatic carbocycles. The van der Waals surface area contributed by atoms with E-state index in [1.807, 2.05) is 36.4 Å². The van der Waals surface area contributed by atoms with Crippen molar-refractivity contribution in [3.63, 3.8) is 0 Å². The number of anilines is 1. The second-order valence-corrected chi connectivity index (χ2v) is 4.06. The third kappa shape index (κ3) is 2.43. The Morgan fingerprint density at radius 3 is 2.89 bits per heavy atom. The Morgan fingerprint density at radius 2 is 2.11 bits per heavy atom. The number of nitrogens with two attached hydrogens (primary N) is 1. The van der Waals surface area contributed by atoms with Crippen LogP contribution in [0.3, 0.4) is 0 Å². The molecule has 1 heterocycles. The molecule has 0 radical (unpaired) electrons. The summed E-state index contributed by atoms with van der Waals surface area (Å²) in [5.74, 6) is 0. The minimum Gasteiger partial charge on any atom is -0.381 e. The molecule has 0 fully saturated rings. The maximum Gasteiger partial charge on any atom is 0.252 e. The van der Waals surface area contributed by atoms with Crippen molar-refractivity contribution >= 4 is 16.6 Å². The Hall–Kier alpha value is -2.07. The van der Waals surface area contributed by atoms with Crippen molar-refractivity contribution in [3.8, 4) is 0 Å². The van der Waals surface area contributed by atoms with Crippen LogP contribution in [0.15, 0.2) is 47.3 Å². The van der Waals surface area contributed by atoms with Crippen LogP contribution in [-0.2, 0) is 7.05 Å². The molecule has 3 N–H and O–H groups in total. The summed E-state index contributed by atoms with van der Waals surface area (Å²) in [6.07, 6.45) is 3.84. The number of hydrogen-bond acceptors (Lipinski definition) is 3. The van der Waals surface area contributed by atoms with E-state index in [1.54, 1.807) is 17.7 Å². The quantitative estimate of drug-likeness (QED) is 0.799. The first-order valence-corrected chi connectivity index (χ1v) is 5.91. The molecule has 94 valence electrons. The van der Waals surface area contributed by atoms with Crippen LogP contribution in [0.25, 0.3) is 10.9 Å². The molecule has 0 aliphatic heterocycles. The number of aryl methyl sites for hydroxylation is 1. The van der Waals surface area contributed by atoms with Crippen molar-refractivity contribution in [3.05, 3.63) is 52.8 Å². The molecule has 0 unspecified atom stereocenters. The summed E-state index contributed by atoms with van der Waals surface area (Å²) in [7, 11) is 1.78. The van der Waals surface area contributed by atoms with Gasteiger partial charge in [-0.15, -0.1) is 0 Å². The van der Waals surface area contributed by atoms with Gasteiger partial charge in [-0.1, -0.05) is 30.4 Å².